The molecule has 0 aromatic carbocycles. The van der Waals surface area contributed by atoms with Gasteiger partial charge in [0.15, 0.2) is 0 Å². The van der Waals surface area contributed by atoms with E-state index in [1.165, 1.54) is 0 Å². The number of rotatable bonds is 1. The molecular formula is H3LiNiO4P. The van der Waals surface area contributed by atoms with Gasteiger partial charge in [-0.3, -0.25) is 0 Å². The second-order valence-electron chi connectivity index (χ2n) is 0.548. The Kier molecular flexibility index (Phi) is 6.50. The fraction of sp³-hybridized carbons (Fsp3) is 0. The summed E-state index contributed by atoms with van der Waals surface area (Å²) in [7, 11) is -4.31. The van der Waals surface area contributed by atoms with Crippen molar-refractivity contribution in [2.45, 2.75) is 0 Å². The molecule has 43 valence electrons. The molecule has 0 saturated carbocycles. The topological polar surface area (TPSA) is 66.8 Å². The SMILES string of the molecule is O=P(O)(O)[O][Ni].[LiH]. The fourth-order valence-electron chi connectivity index (χ4n) is 0. The molecule has 0 unspecified atom stereocenters. The van der Waals surface area contributed by atoms with Crippen molar-refractivity contribution in [1.29, 1.82) is 0 Å². The van der Waals surface area contributed by atoms with Gasteiger partial charge >= 0.3 is 60.5 Å². The van der Waals surface area contributed by atoms with Gasteiger partial charge < -0.3 is 0 Å². The van der Waals surface area contributed by atoms with Crippen LogP contribution in [0.2, 0.25) is 0 Å². The van der Waals surface area contributed by atoms with Crippen LogP contribution in [0.5, 0.6) is 0 Å². The predicted octanol–water partition coefficient (Wildman–Crippen LogP) is -1.09. The third-order valence-corrected chi connectivity index (χ3v) is 0.930. The summed E-state index contributed by atoms with van der Waals surface area (Å²) in [6, 6.07) is 0. The van der Waals surface area contributed by atoms with Crippen LogP contribution in [0, 0.1) is 0 Å². The number of phosphoric acid groups is 1. The zero-order chi connectivity index (χ0) is 5.21. The van der Waals surface area contributed by atoms with Crippen molar-refractivity contribution in [2.75, 3.05) is 0 Å². The normalized spacial score (nSPS) is 10.3. The maximum absolute atomic E-state index is 9.38. The second kappa shape index (κ2) is 4.12. The molecule has 0 heterocycles. The minimum atomic E-state index is -4.31. The quantitative estimate of drug-likeness (QED) is 0.381. The molecule has 0 saturated heterocycles. The van der Waals surface area contributed by atoms with Gasteiger partial charge in [-0.05, 0) is 0 Å². The van der Waals surface area contributed by atoms with E-state index in [2.05, 4.69) is 19.5 Å². The molecule has 0 aliphatic carbocycles. The van der Waals surface area contributed by atoms with Gasteiger partial charge in [0.2, 0.25) is 0 Å². The van der Waals surface area contributed by atoms with Crippen molar-refractivity contribution >= 4 is 26.7 Å². The number of hydrogen-bond acceptors (Lipinski definition) is 2. The summed E-state index contributed by atoms with van der Waals surface area (Å²) in [6.45, 7) is 0. The average molecular weight is 164 g/mol. The van der Waals surface area contributed by atoms with Crippen LogP contribution in [-0.2, 0) is 24.0 Å². The molecule has 0 aromatic heterocycles. The summed E-state index contributed by atoms with van der Waals surface area (Å²) in [5, 5.41) is 0. The molecule has 0 amide bonds. The van der Waals surface area contributed by atoms with Crippen molar-refractivity contribution in [1.82, 2.24) is 0 Å². The Balaban J connectivity index is 0. The molecule has 7 heteroatoms. The van der Waals surface area contributed by atoms with Crippen LogP contribution >= 0.6 is 7.82 Å². The van der Waals surface area contributed by atoms with Crippen LogP contribution in [0.3, 0.4) is 0 Å². The Labute approximate surface area is 60.7 Å². The first-order valence-corrected chi connectivity index (χ1v) is 2.83. The van der Waals surface area contributed by atoms with Gasteiger partial charge in [-0.2, -0.15) is 0 Å². The summed E-state index contributed by atoms with van der Waals surface area (Å²) in [4.78, 5) is 15.2. The van der Waals surface area contributed by atoms with E-state index in [9.17, 15) is 4.57 Å². The first-order valence-electron chi connectivity index (χ1n) is 0.894. The summed E-state index contributed by atoms with van der Waals surface area (Å²) in [6.07, 6.45) is 0. The molecule has 0 radical (unpaired) electrons. The molecule has 0 aliphatic rings. The Morgan fingerprint density at radius 3 is 1.71 bits per heavy atom. The molecule has 0 atom stereocenters. The number of hydrogen-bond donors (Lipinski definition) is 2. The van der Waals surface area contributed by atoms with Gasteiger partial charge in [0.25, 0.3) is 0 Å². The molecule has 4 nitrogen and oxygen atoms in total. The van der Waals surface area contributed by atoms with E-state index in [1.54, 1.807) is 0 Å². The van der Waals surface area contributed by atoms with E-state index >= 15 is 0 Å². The predicted molar refractivity (Wildman–Crippen MR) is 20.3 cm³/mol. The molecule has 0 bridgehead atoms. The van der Waals surface area contributed by atoms with E-state index in [4.69, 9.17) is 9.79 Å². The van der Waals surface area contributed by atoms with Gasteiger partial charge in [0.1, 0.15) is 0 Å². The minimum absolute atomic E-state index is 0. The molecule has 0 fully saturated rings. The maximum atomic E-state index is 9.38. The van der Waals surface area contributed by atoms with Crippen molar-refractivity contribution in [3.8, 4) is 0 Å². The van der Waals surface area contributed by atoms with Crippen molar-refractivity contribution in [2.24, 2.45) is 0 Å². The molecular weight excluding hydrogens is 161 g/mol. The van der Waals surface area contributed by atoms with Crippen LogP contribution in [0.4, 0.5) is 0 Å². The van der Waals surface area contributed by atoms with Crippen molar-refractivity contribution < 1.29 is 33.8 Å². The van der Waals surface area contributed by atoms with Gasteiger partial charge in [0.05, 0.1) is 0 Å². The van der Waals surface area contributed by atoms with E-state index in [0.717, 1.165) is 0 Å². The molecule has 0 aromatic rings. The van der Waals surface area contributed by atoms with Gasteiger partial charge in [-0.15, -0.1) is 0 Å². The van der Waals surface area contributed by atoms with Crippen LogP contribution in [0.1, 0.15) is 0 Å². The first kappa shape index (κ1) is 11.1. The summed E-state index contributed by atoms with van der Waals surface area (Å²) in [5.41, 5.74) is 0. The standard InChI is InChI=1S/Li.Ni.H3O4P.H/c;;1-5(2,3)4;/h;;(H3,1,2,3,4);/q;+1;;/p-1. The van der Waals surface area contributed by atoms with Gasteiger partial charge in [-0.1, -0.05) is 0 Å². The Morgan fingerprint density at radius 2 is 1.71 bits per heavy atom. The van der Waals surface area contributed by atoms with E-state index < -0.39 is 7.82 Å². The third-order valence-electron chi connectivity index (χ3n) is 0.0752. The molecule has 0 rings (SSSR count). The van der Waals surface area contributed by atoms with Crippen molar-refractivity contribution in [3.63, 3.8) is 0 Å². The summed E-state index contributed by atoms with van der Waals surface area (Å²) in [5.74, 6) is 0. The Morgan fingerprint density at radius 1 is 1.57 bits per heavy atom. The molecule has 2 N–H and O–H groups in total. The second-order valence-corrected chi connectivity index (χ2v) is 2.19. The molecule has 7 heavy (non-hydrogen) atoms. The van der Waals surface area contributed by atoms with E-state index in [-0.39, 0.29) is 18.9 Å². The monoisotopic (exact) mass is 163 g/mol. The summed E-state index contributed by atoms with van der Waals surface area (Å²) < 4.78 is 12.6. The van der Waals surface area contributed by atoms with Crippen molar-refractivity contribution in [3.05, 3.63) is 0 Å². The van der Waals surface area contributed by atoms with E-state index in [0.29, 0.717) is 0 Å². The Hall–Kier alpha value is 1.20. The van der Waals surface area contributed by atoms with E-state index in [1.807, 2.05) is 0 Å². The zero-order valence-corrected chi connectivity index (χ0v) is 4.36. The molecule has 0 aliphatic heterocycles. The fourth-order valence-corrected chi connectivity index (χ4v) is 0. The first-order chi connectivity index (χ1) is 2.56. The van der Waals surface area contributed by atoms with Crippen LogP contribution in [0.15, 0.2) is 0 Å². The molecule has 0 spiro atoms. The summed E-state index contributed by atoms with van der Waals surface area (Å²) >= 11 is 3.27. The van der Waals surface area contributed by atoms with Gasteiger partial charge in [-0.25, -0.2) is 0 Å². The van der Waals surface area contributed by atoms with Crippen LogP contribution < -0.4 is 0 Å². The van der Waals surface area contributed by atoms with Crippen LogP contribution in [0.25, 0.3) is 0 Å². The van der Waals surface area contributed by atoms with Crippen LogP contribution in [-0.4, -0.2) is 28.6 Å². The zero-order valence-electron chi connectivity index (χ0n) is 2.47. The Bertz CT molecular complexity index is 75.8. The van der Waals surface area contributed by atoms with Gasteiger partial charge in [0, 0.05) is 0 Å². The third kappa shape index (κ3) is 11.0. The average Bonchev–Trinajstić information content (AvgIpc) is 1.35.